The first-order valence-corrected chi connectivity index (χ1v) is 4.56. The van der Waals surface area contributed by atoms with Crippen LogP contribution in [0.25, 0.3) is 11.0 Å². The summed E-state index contributed by atoms with van der Waals surface area (Å²) in [7, 11) is 0. The maximum Gasteiger partial charge on any atom is 0.203 e. The fraction of sp³-hybridized carbons (Fsp3) is 0.222. The highest BCUT2D eigenvalue weighted by Crippen LogP contribution is 2.20. The molecule has 0 spiro atoms. The highest BCUT2D eigenvalue weighted by molar-refractivity contribution is 6.29. The van der Waals surface area contributed by atoms with E-state index in [-0.39, 0.29) is 0 Å². The molecule has 0 aliphatic rings. The van der Waals surface area contributed by atoms with E-state index in [1.165, 1.54) is 0 Å². The van der Waals surface area contributed by atoms with Crippen LogP contribution >= 0.6 is 11.6 Å². The Morgan fingerprint density at radius 1 is 1.64 bits per heavy atom. The van der Waals surface area contributed by atoms with Crippen LogP contribution in [-0.4, -0.2) is 14.5 Å². The molecule has 0 saturated heterocycles. The van der Waals surface area contributed by atoms with Gasteiger partial charge < -0.3 is 4.57 Å². The molecule has 14 heavy (non-hydrogen) atoms. The highest BCUT2D eigenvalue weighted by Gasteiger charge is 2.10. The normalized spacial score (nSPS) is 10.4. The van der Waals surface area contributed by atoms with Crippen LogP contribution in [0.15, 0.2) is 12.3 Å². The molecule has 5 heteroatoms. The van der Waals surface area contributed by atoms with Crippen molar-refractivity contribution >= 4 is 22.6 Å². The number of nitrogens with zero attached hydrogens (tertiary/aromatic N) is 4. The van der Waals surface area contributed by atoms with E-state index >= 15 is 0 Å². The summed E-state index contributed by atoms with van der Waals surface area (Å²) in [6.45, 7) is 2.70. The number of fused-ring (bicyclic) bond motifs is 1. The third kappa shape index (κ3) is 1.14. The molecular formula is C9H7ClN4. The summed E-state index contributed by atoms with van der Waals surface area (Å²) >= 11 is 5.91. The average molecular weight is 207 g/mol. The van der Waals surface area contributed by atoms with Crippen molar-refractivity contribution in [2.24, 2.45) is 0 Å². The summed E-state index contributed by atoms with van der Waals surface area (Å²) in [4.78, 5) is 8.02. The minimum Gasteiger partial charge on any atom is -0.315 e. The van der Waals surface area contributed by atoms with E-state index in [2.05, 4.69) is 9.97 Å². The molecule has 2 aromatic rings. The SMILES string of the molecule is CCn1c(Cl)nc2c(C#N)nccc21. The molecule has 0 aliphatic carbocycles. The molecule has 4 nitrogen and oxygen atoms in total. The van der Waals surface area contributed by atoms with E-state index in [9.17, 15) is 0 Å². The van der Waals surface area contributed by atoms with Crippen molar-refractivity contribution < 1.29 is 0 Å². The fourth-order valence-corrected chi connectivity index (χ4v) is 1.70. The van der Waals surface area contributed by atoms with Crippen LogP contribution in [0.2, 0.25) is 5.28 Å². The molecule has 0 fully saturated rings. The summed E-state index contributed by atoms with van der Waals surface area (Å²) in [6.07, 6.45) is 1.59. The molecule has 2 rings (SSSR count). The van der Waals surface area contributed by atoms with Crippen LogP contribution in [-0.2, 0) is 6.54 Å². The Balaban J connectivity index is 2.87. The van der Waals surface area contributed by atoms with Crippen LogP contribution < -0.4 is 0 Å². The number of hydrogen-bond acceptors (Lipinski definition) is 3. The van der Waals surface area contributed by atoms with Crippen molar-refractivity contribution in [2.45, 2.75) is 13.5 Å². The number of imidazole rings is 1. The van der Waals surface area contributed by atoms with Crippen molar-refractivity contribution in [3.05, 3.63) is 23.2 Å². The summed E-state index contributed by atoms with van der Waals surface area (Å²) < 4.78 is 1.83. The Morgan fingerprint density at radius 2 is 2.43 bits per heavy atom. The Hall–Kier alpha value is -1.60. The highest BCUT2D eigenvalue weighted by atomic mass is 35.5. The van der Waals surface area contributed by atoms with Gasteiger partial charge in [0.2, 0.25) is 5.28 Å². The van der Waals surface area contributed by atoms with Crippen molar-refractivity contribution in [1.29, 1.82) is 5.26 Å². The molecule has 2 aromatic heterocycles. The number of hydrogen-bond donors (Lipinski definition) is 0. The first-order chi connectivity index (χ1) is 6.77. The largest absolute Gasteiger partial charge is 0.315 e. The van der Waals surface area contributed by atoms with Crippen molar-refractivity contribution in [3.63, 3.8) is 0 Å². The fourth-order valence-electron chi connectivity index (χ4n) is 1.41. The lowest BCUT2D eigenvalue weighted by atomic mass is 10.3. The Labute approximate surface area is 85.8 Å². The molecule has 0 radical (unpaired) electrons. The van der Waals surface area contributed by atoms with E-state index in [0.717, 1.165) is 12.1 Å². The quantitative estimate of drug-likeness (QED) is 0.717. The van der Waals surface area contributed by atoms with Crippen LogP contribution in [0.3, 0.4) is 0 Å². The summed E-state index contributed by atoms with van der Waals surface area (Å²) in [5.41, 5.74) is 1.74. The van der Waals surface area contributed by atoms with Gasteiger partial charge in [0.15, 0.2) is 5.69 Å². The van der Waals surface area contributed by atoms with Gasteiger partial charge >= 0.3 is 0 Å². The number of rotatable bonds is 1. The standard InChI is InChI=1S/C9H7ClN4/c1-2-14-7-3-4-12-6(5-11)8(7)13-9(14)10/h3-4H,2H2,1H3. The van der Waals surface area contributed by atoms with Gasteiger partial charge in [-0.25, -0.2) is 9.97 Å². The van der Waals surface area contributed by atoms with Gasteiger partial charge in [-0.1, -0.05) is 0 Å². The molecule has 0 amide bonds. The van der Waals surface area contributed by atoms with Crippen LogP contribution in [0.4, 0.5) is 0 Å². The zero-order valence-corrected chi connectivity index (χ0v) is 8.28. The molecule has 0 bridgehead atoms. The average Bonchev–Trinajstić information content (AvgIpc) is 2.52. The van der Waals surface area contributed by atoms with Crippen molar-refractivity contribution in [1.82, 2.24) is 14.5 Å². The van der Waals surface area contributed by atoms with Gasteiger partial charge in [-0.15, -0.1) is 0 Å². The Bertz CT molecular complexity index is 523. The Kier molecular flexibility index (Phi) is 2.10. The first kappa shape index (κ1) is 8.97. The van der Waals surface area contributed by atoms with Gasteiger partial charge in [0, 0.05) is 12.7 Å². The summed E-state index contributed by atoms with van der Waals surface area (Å²) in [5.74, 6) is 0. The lowest BCUT2D eigenvalue weighted by Crippen LogP contribution is -1.93. The minimum atomic E-state index is 0.316. The van der Waals surface area contributed by atoms with Gasteiger partial charge in [0.1, 0.15) is 11.6 Å². The molecule has 0 aliphatic heterocycles. The van der Waals surface area contributed by atoms with E-state index in [1.807, 2.05) is 17.6 Å². The van der Waals surface area contributed by atoms with E-state index < -0.39 is 0 Å². The van der Waals surface area contributed by atoms with Crippen molar-refractivity contribution in [3.8, 4) is 6.07 Å². The summed E-state index contributed by atoms with van der Waals surface area (Å²) in [6, 6.07) is 3.79. The molecule has 0 N–H and O–H groups in total. The molecular weight excluding hydrogens is 200 g/mol. The zero-order valence-electron chi connectivity index (χ0n) is 7.53. The number of pyridine rings is 1. The molecule has 0 unspecified atom stereocenters. The number of aryl methyl sites for hydroxylation is 1. The number of aromatic nitrogens is 3. The second-order valence-electron chi connectivity index (χ2n) is 2.76. The number of nitriles is 1. The maximum atomic E-state index is 8.80. The third-order valence-corrected chi connectivity index (χ3v) is 2.33. The Morgan fingerprint density at radius 3 is 3.07 bits per heavy atom. The lowest BCUT2D eigenvalue weighted by Gasteiger charge is -1.99. The smallest absolute Gasteiger partial charge is 0.203 e. The second kappa shape index (κ2) is 3.28. The van der Waals surface area contributed by atoms with Gasteiger partial charge in [0.25, 0.3) is 0 Å². The zero-order chi connectivity index (χ0) is 10.1. The van der Waals surface area contributed by atoms with E-state index in [4.69, 9.17) is 16.9 Å². The summed E-state index contributed by atoms with van der Waals surface area (Å²) in [5, 5.41) is 9.20. The molecule has 2 heterocycles. The van der Waals surface area contributed by atoms with Crippen LogP contribution in [0.1, 0.15) is 12.6 Å². The van der Waals surface area contributed by atoms with Crippen LogP contribution in [0.5, 0.6) is 0 Å². The van der Waals surface area contributed by atoms with E-state index in [1.54, 1.807) is 12.3 Å². The minimum absolute atomic E-state index is 0.316. The van der Waals surface area contributed by atoms with Gasteiger partial charge in [-0.3, -0.25) is 0 Å². The predicted octanol–water partition coefficient (Wildman–Crippen LogP) is 1.98. The molecule has 0 aromatic carbocycles. The topological polar surface area (TPSA) is 54.5 Å². The van der Waals surface area contributed by atoms with Gasteiger partial charge in [-0.2, -0.15) is 5.26 Å². The lowest BCUT2D eigenvalue weighted by molar-refractivity contribution is 0.788. The third-order valence-electron chi connectivity index (χ3n) is 2.04. The molecule has 0 saturated carbocycles. The second-order valence-corrected chi connectivity index (χ2v) is 3.10. The molecule has 70 valence electrons. The van der Waals surface area contributed by atoms with Crippen molar-refractivity contribution in [2.75, 3.05) is 0 Å². The molecule has 0 atom stereocenters. The maximum absolute atomic E-state index is 8.80. The van der Waals surface area contributed by atoms with Gasteiger partial charge in [0.05, 0.1) is 5.52 Å². The number of halogens is 1. The van der Waals surface area contributed by atoms with Crippen LogP contribution in [0, 0.1) is 11.3 Å². The van der Waals surface area contributed by atoms with Gasteiger partial charge in [-0.05, 0) is 24.6 Å². The predicted molar refractivity (Wildman–Crippen MR) is 52.9 cm³/mol. The van der Waals surface area contributed by atoms with E-state index in [0.29, 0.717) is 16.5 Å². The first-order valence-electron chi connectivity index (χ1n) is 4.18. The monoisotopic (exact) mass is 206 g/mol.